The number of furan rings is 1. The van der Waals surface area contributed by atoms with Gasteiger partial charge in [-0.2, -0.15) is 0 Å². The summed E-state index contributed by atoms with van der Waals surface area (Å²) >= 11 is 0. The monoisotopic (exact) mass is 196 g/mol. The fraction of sp³-hybridized carbons (Fsp3) is 0.500. The minimum Gasteiger partial charge on any atom is -0.459 e. The van der Waals surface area contributed by atoms with Gasteiger partial charge in [0.15, 0.2) is 5.76 Å². The molecule has 1 heterocycles. The Kier molecular flexibility index (Phi) is 3.30. The van der Waals surface area contributed by atoms with Crippen molar-refractivity contribution in [1.82, 2.24) is 5.32 Å². The number of rotatable bonds is 4. The Morgan fingerprint density at radius 3 is 2.86 bits per heavy atom. The summed E-state index contributed by atoms with van der Waals surface area (Å²) in [4.78, 5) is 11.6. The van der Waals surface area contributed by atoms with Crippen molar-refractivity contribution in [2.75, 3.05) is 6.54 Å². The van der Waals surface area contributed by atoms with Crippen molar-refractivity contribution in [1.29, 1.82) is 0 Å². The van der Waals surface area contributed by atoms with E-state index in [9.17, 15) is 4.79 Å². The fourth-order valence-corrected chi connectivity index (χ4v) is 1.20. The molecule has 14 heavy (non-hydrogen) atoms. The largest absolute Gasteiger partial charge is 0.459 e. The summed E-state index contributed by atoms with van der Waals surface area (Å²) in [5.41, 5.74) is 5.14. The van der Waals surface area contributed by atoms with Crippen LogP contribution in [0.2, 0.25) is 0 Å². The molecule has 0 unspecified atom stereocenters. The Balaban J connectivity index is 2.57. The van der Waals surface area contributed by atoms with Gasteiger partial charge in [-0.25, -0.2) is 0 Å². The van der Waals surface area contributed by atoms with Crippen molar-refractivity contribution in [2.24, 2.45) is 5.73 Å². The molecule has 1 aromatic heterocycles. The highest BCUT2D eigenvalue weighted by atomic mass is 16.3. The van der Waals surface area contributed by atoms with E-state index in [2.05, 4.69) is 5.32 Å². The second kappa shape index (κ2) is 4.28. The van der Waals surface area contributed by atoms with Crippen molar-refractivity contribution in [3.8, 4) is 0 Å². The molecule has 1 rings (SSSR count). The average Bonchev–Trinajstić information content (AvgIpc) is 2.53. The molecule has 0 radical (unpaired) electrons. The van der Waals surface area contributed by atoms with Crippen LogP contribution in [0.1, 0.15) is 30.8 Å². The fourth-order valence-electron chi connectivity index (χ4n) is 1.20. The number of amides is 1. The zero-order valence-corrected chi connectivity index (χ0v) is 8.54. The minimum absolute atomic E-state index is 0.201. The highest BCUT2D eigenvalue weighted by Crippen LogP contribution is 2.09. The number of hydrogen-bond acceptors (Lipinski definition) is 3. The number of carbonyl (C=O) groups excluding carboxylic acids is 1. The normalized spacial score (nSPS) is 11.4. The molecule has 1 amide bonds. The minimum atomic E-state index is -0.293. The smallest absolute Gasteiger partial charge is 0.287 e. The molecule has 0 aromatic carbocycles. The van der Waals surface area contributed by atoms with Crippen LogP contribution in [0, 0.1) is 0 Å². The van der Waals surface area contributed by atoms with Gasteiger partial charge < -0.3 is 15.5 Å². The Bertz CT molecular complexity index is 291. The second-order valence-electron chi connectivity index (χ2n) is 3.85. The summed E-state index contributed by atoms with van der Waals surface area (Å²) in [6.45, 7) is 4.41. The Labute approximate surface area is 83.5 Å². The molecule has 0 saturated heterocycles. The summed E-state index contributed by atoms with van der Waals surface area (Å²) in [5.74, 6) is 0.128. The molecule has 0 aliphatic rings. The molecule has 4 heteroatoms. The van der Waals surface area contributed by atoms with Gasteiger partial charge in [0.2, 0.25) is 0 Å². The number of nitrogens with two attached hydrogens (primary N) is 1. The molecule has 0 bridgehead atoms. The molecule has 3 N–H and O–H groups in total. The quantitative estimate of drug-likeness (QED) is 0.758. The maximum atomic E-state index is 11.6. The molecule has 0 spiro atoms. The van der Waals surface area contributed by atoms with E-state index in [0.717, 1.165) is 6.42 Å². The zero-order valence-electron chi connectivity index (χ0n) is 8.54. The number of nitrogens with one attached hydrogen (secondary N) is 1. The molecule has 0 atom stereocenters. The predicted molar refractivity (Wildman–Crippen MR) is 53.9 cm³/mol. The van der Waals surface area contributed by atoms with Crippen LogP contribution in [-0.2, 0) is 0 Å². The lowest BCUT2D eigenvalue weighted by molar-refractivity contribution is 0.0882. The van der Waals surface area contributed by atoms with Crippen LogP contribution >= 0.6 is 0 Å². The molecular formula is C10H16N2O2. The third kappa shape index (κ3) is 2.88. The lowest BCUT2D eigenvalue weighted by Crippen LogP contribution is -2.44. The van der Waals surface area contributed by atoms with Crippen molar-refractivity contribution in [3.63, 3.8) is 0 Å². The van der Waals surface area contributed by atoms with Gasteiger partial charge in [-0.3, -0.25) is 4.79 Å². The summed E-state index contributed by atoms with van der Waals surface area (Å²) in [7, 11) is 0. The van der Waals surface area contributed by atoms with Crippen molar-refractivity contribution in [3.05, 3.63) is 24.2 Å². The van der Waals surface area contributed by atoms with Crippen LogP contribution < -0.4 is 11.1 Å². The average molecular weight is 196 g/mol. The van der Waals surface area contributed by atoms with Crippen molar-refractivity contribution < 1.29 is 9.21 Å². The van der Waals surface area contributed by atoms with E-state index < -0.39 is 0 Å². The van der Waals surface area contributed by atoms with Gasteiger partial charge in [-0.1, -0.05) is 0 Å². The van der Waals surface area contributed by atoms with E-state index in [4.69, 9.17) is 10.2 Å². The first-order valence-corrected chi connectivity index (χ1v) is 4.61. The Hall–Kier alpha value is -1.29. The van der Waals surface area contributed by atoms with Gasteiger partial charge in [0.05, 0.1) is 6.26 Å². The van der Waals surface area contributed by atoms with Crippen molar-refractivity contribution in [2.45, 2.75) is 25.8 Å². The maximum absolute atomic E-state index is 11.6. The van der Waals surface area contributed by atoms with Gasteiger partial charge >= 0.3 is 0 Å². The standard InChI is InChI=1S/C10H16N2O2/c1-10(2,5-6-11)12-9(13)8-4-3-7-14-8/h3-4,7H,5-6,11H2,1-2H3,(H,12,13). The highest BCUT2D eigenvalue weighted by molar-refractivity contribution is 5.91. The van der Waals surface area contributed by atoms with Crippen LogP contribution in [0.4, 0.5) is 0 Å². The van der Waals surface area contributed by atoms with Gasteiger partial charge in [0, 0.05) is 5.54 Å². The van der Waals surface area contributed by atoms with Gasteiger partial charge in [0.1, 0.15) is 0 Å². The summed E-state index contributed by atoms with van der Waals surface area (Å²) < 4.78 is 4.98. The third-order valence-electron chi connectivity index (χ3n) is 1.97. The lowest BCUT2D eigenvalue weighted by Gasteiger charge is -2.24. The first-order chi connectivity index (χ1) is 6.55. The highest BCUT2D eigenvalue weighted by Gasteiger charge is 2.21. The van der Waals surface area contributed by atoms with E-state index in [0.29, 0.717) is 12.3 Å². The van der Waals surface area contributed by atoms with Crippen LogP contribution in [0.25, 0.3) is 0 Å². The molecule has 0 aliphatic carbocycles. The molecule has 1 aromatic rings. The lowest BCUT2D eigenvalue weighted by atomic mass is 10.0. The topological polar surface area (TPSA) is 68.3 Å². The number of carbonyl (C=O) groups is 1. The van der Waals surface area contributed by atoms with Crippen LogP contribution in [-0.4, -0.2) is 18.0 Å². The summed E-state index contributed by atoms with van der Waals surface area (Å²) in [5, 5.41) is 2.85. The zero-order chi connectivity index (χ0) is 10.6. The van der Waals surface area contributed by atoms with E-state index in [1.54, 1.807) is 12.1 Å². The van der Waals surface area contributed by atoms with E-state index >= 15 is 0 Å². The molecule has 4 nitrogen and oxygen atoms in total. The van der Waals surface area contributed by atoms with Gasteiger partial charge in [-0.05, 0) is 38.9 Å². The molecule has 78 valence electrons. The van der Waals surface area contributed by atoms with Gasteiger partial charge in [0.25, 0.3) is 5.91 Å². The van der Waals surface area contributed by atoms with Crippen LogP contribution in [0.15, 0.2) is 22.8 Å². The molecular weight excluding hydrogens is 180 g/mol. The SMILES string of the molecule is CC(C)(CCN)NC(=O)c1ccco1. The Morgan fingerprint density at radius 1 is 1.64 bits per heavy atom. The first-order valence-electron chi connectivity index (χ1n) is 4.61. The molecule has 0 aliphatic heterocycles. The molecule has 0 saturated carbocycles. The van der Waals surface area contributed by atoms with Gasteiger partial charge in [-0.15, -0.1) is 0 Å². The van der Waals surface area contributed by atoms with Crippen molar-refractivity contribution >= 4 is 5.91 Å². The predicted octanol–water partition coefficient (Wildman–Crippen LogP) is 1.14. The van der Waals surface area contributed by atoms with E-state index in [-0.39, 0.29) is 11.4 Å². The Morgan fingerprint density at radius 2 is 2.36 bits per heavy atom. The maximum Gasteiger partial charge on any atom is 0.287 e. The third-order valence-corrected chi connectivity index (χ3v) is 1.97. The van der Waals surface area contributed by atoms with Crippen LogP contribution in [0.5, 0.6) is 0 Å². The van der Waals surface area contributed by atoms with Crippen LogP contribution in [0.3, 0.4) is 0 Å². The van der Waals surface area contributed by atoms with E-state index in [1.165, 1.54) is 6.26 Å². The number of hydrogen-bond donors (Lipinski definition) is 2. The first kappa shape index (κ1) is 10.8. The second-order valence-corrected chi connectivity index (χ2v) is 3.85. The van der Waals surface area contributed by atoms with E-state index in [1.807, 2.05) is 13.8 Å². The summed E-state index contributed by atoms with van der Waals surface area (Å²) in [6.07, 6.45) is 2.21. The molecule has 0 fully saturated rings. The summed E-state index contributed by atoms with van der Waals surface area (Å²) in [6, 6.07) is 3.32.